The molecule has 18 heavy (non-hydrogen) atoms. The molecule has 84 valence electrons. The Bertz CT molecular complexity index is 468. The summed E-state index contributed by atoms with van der Waals surface area (Å²) in [7, 11) is 0. The topological polar surface area (TPSA) is 0 Å². The smallest absolute Gasteiger partial charge is 0.0209 e. The van der Waals surface area contributed by atoms with Crippen LogP contribution >= 0.6 is 0 Å². The first kappa shape index (κ1) is 13.4. The molecule has 0 aromatic carbocycles. The van der Waals surface area contributed by atoms with E-state index in [4.69, 9.17) is 0 Å². The summed E-state index contributed by atoms with van der Waals surface area (Å²) >= 11 is 0. The Morgan fingerprint density at radius 3 is 0.611 bits per heavy atom. The van der Waals surface area contributed by atoms with Crippen molar-refractivity contribution >= 4 is 0 Å². The second-order valence-corrected chi connectivity index (χ2v) is 3.31. The summed E-state index contributed by atoms with van der Waals surface area (Å²) in [6.45, 7) is 0. The molecule has 0 aliphatic heterocycles. The highest BCUT2D eigenvalue weighted by molar-refractivity contribution is 5.30. The van der Waals surface area contributed by atoms with Crippen LogP contribution in [0.15, 0.2) is 0 Å². The van der Waals surface area contributed by atoms with Gasteiger partial charge in [-0.3, -0.25) is 0 Å². The molecule has 0 amide bonds. The molecule has 0 radical (unpaired) electrons. The highest BCUT2D eigenvalue weighted by Crippen LogP contribution is 1.85. The van der Waals surface area contributed by atoms with Crippen molar-refractivity contribution in [2.24, 2.45) is 0 Å². The maximum atomic E-state index is 2.96. The molecule has 0 bridgehead atoms. The number of hydrogen-bond acceptors (Lipinski definition) is 0. The van der Waals surface area contributed by atoms with Crippen molar-refractivity contribution in [1.29, 1.82) is 0 Å². The van der Waals surface area contributed by atoms with Crippen molar-refractivity contribution in [3.63, 3.8) is 0 Å². The van der Waals surface area contributed by atoms with E-state index in [9.17, 15) is 0 Å². The van der Waals surface area contributed by atoms with E-state index in [1.54, 1.807) is 0 Å². The summed E-state index contributed by atoms with van der Waals surface area (Å²) in [6, 6.07) is 0. The predicted octanol–water partition coefficient (Wildman–Crippen LogP) is 2.36. The van der Waals surface area contributed by atoms with Gasteiger partial charge in [0.25, 0.3) is 0 Å². The Hall–Kier alpha value is -2.64. The fourth-order valence-electron chi connectivity index (χ4n) is 1.02. The lowest BCUT2D eigenvalue weighted by Gasteiger charge is -1.78. The number of rotatable bonds is 0. The van der Waals surface area contributed by atoms with E-state index in [0.29, 0.717) is 0 Å². The molecule has 0 spiro atoms. The Balaban J connectivity index is 2.58. The zero-order valence-electron chi connectivity index (χ0n) is 10.2. The van der Waals surface area contributed by atoms with Crippen molar-refractivity contribution in [3.8, 4) is 71.0 Å². The second kappa shape index (κ2) is 10.9. The van der Waals surface area contributed by atoms with E-state index >= 15 is 0 Å². The van der Waals surface area contributed by atoms with Crippen LogP contribution in [0.1, 0.15) is 38.5 Å². The molecule has 0 N–H and O–H groups in total. The van der Waals surface area contributed by atoms with Gasteiger partial charge in [-0.15, -0.1) is 0 Å². The highest BCUT2D eigenvalue weighted by atomic mass is 13.8. The molecular weight excluding hydrogens is 216 g/mol. The van der Waals surface area contributed by atoms with E-state index in [1.807, 2.05) is 0 Å². The average Bonchev–Trinajstić information content (AvgIpc) is 2.39. The molecule has 0 aromatic heterocycles. The molecule has 0 saturated carbocycles. The van der Waals surface area contributed by atoms with E-state index in [-0.39, 0.29) is 0 Å². The summed E-state index contributed by atoms with van der Waals surface area (Å²) in [5, 5.41) is 0. The van der Waals surface area contributed by atoms with Gasteiger partial charge in [-0.05, 0) is 35.5 Å². The van der Waals surface area contributed by atoms with Gasteiger partial charge in [-0.1, -0.05) is 35.5 Å². The standard InChI is InChI=1S/C18H12/c1-2-4-6-8-10-12-14-16-18-17-15-13-11-9-7-5-3-1/h1-2,11-14H2. The minimum absolute atomic E-state index is 0.745. The lowest BCUT2D eigenvalue weighted by Crippen LogP contribution is -1.69. The maximum absolute atomic E-state index is 2.96. The van der Waals surface area contributed by atoms with Crippen LogP contribution in [0.3, 0.4) is 0 Å². The van der Waals surface area contributed by atoms with Gasteiger partial charge < -0.3 is 0 Å². The highest BCUT2D eigenvalue weighted by Gasteiger charge is 1.76. The fourth-order valence-corrected chi connectivity index (χ4v) is 1.02. The molecule has 0 heteroatoms. The molecule has 1 aliphatic rings. The SMILES string of the molecule is C1#CCCC#CC#CCCC#CC#CCCC#C1. The average molecular weight is 228 g/mol. The zero-order valence-corrected chi connectivity index (χ0v) is 10.2. The van der Waals surface area contributed by atoms with Gasteiger partial charge in [0.05, 0.1) is 0 Å². The third-order valence-electron chi connectivity index (χ3n) is 1.84. The lowest BCUT2D eigenvalue weighted by atomic mass is 10.3. The van der Waals surface area contributed by atoms with Crippen molar-refractivity contribution in [3.05, 3.63) is 0 Å². The van der Waals surface area contributed by atoms with Gasteiger partial charge in [0.1, 0.15) is 0 Å². The van der Waals surface area contributed by atoms with Crippen molar-refractivity contribution in [1.82, 2.24) is 0 Å². The molecule has 1 aliphatic carbocycles. The molecule has 0 heterocycles. The Labute approximate surface area is 110 Å². The molecule has 0 atom stereocenters. The van der Waals surface area contributed by atoms with Gasteiger partial charge in [0.2, 0.25) is 0 Å². The Morgan fingerprint density at radius 2 is 0.444 bits per heavy atom. The monoisotopic (exact) mass is 228 g/mol. The van der Waals surface area contributed by atoms with Gasteiger partial charge >= 0.3 is 0 Å². The van der Waals surface area contributed by atoms with Crippen molar-refractivity contribution < 1.29 is 0 Å². The second-order valence-electron chi connectivity index (χ2n) is 3.31. The quantitative estimate of drug-likeness (QED) is 0.558. The molecule has 0 saturated heterocycles. The molecule has 0 aromatic rings. The third-order valence-corrected chi connectivity index (χ3v) is 1.84. The third kappa shape index (κ3) is 8.65. The first-order valence-corrected chi connectivity index (χ1v) is 5.87. The summed E-state index contributed by atoms with van der Waals surface area (Å²) in [6.07, 6.45) is 4.47. The predicted molar refractivity (Wildman–Crippen MR) is 74.4 cm³/mol. The van der Waals surface area contributed by atoms with Crippen molar-refractivity contribution in [2.75, 3.05) is 0 Å². The Morgan fingerprint density at radius 1 is 0.278 bits per heavy atom. The maximum Gasteiger partial charge on any atom is 0.0209 e. The van der Waals surface area contributed by atoms with E-state index in [0.717, 1.165) is 38.5 Å². The van der Waals surface area contributed by atoms with Crippen molar-refractivity contribution in [2.45, 2.75) is 38.5 Å². The van der Waals surface area contributed by atoms with Crippen LogP contribution in [0.2, 0.25) is 0 Å². The van der Waals surface area contributed by atoms with Crippen LogP contribution in [0.25, 0.3) is 0 Å². The Kier molecular flexibility index (Phi) is 8.10. The van der Waals surface area contributed by atoms with Crippen LogP contribution in [0.4, 0.5) is 0 Å². The minimum atomic E-state index is 0.745. The van der Waals surface area contributed by atoms with Gasteiger partial charge in [0, 0.05) is 38.5 Å². The molecule has 0 fully saturated rings. The van der Waals surface area contributed by atoms with Crippen LogP contribution in [0, 0.1) is 71.0 Å². The summed E-state index contributed by atoms with van der Waals surface area (Å²) in [4.78, 5) is 0. The van der Waals surface area contributed by atoms with E-state index < -0.39 is 0 Å². The molecular formula is C18H12. The zero-order chi connectivity index (χ0) is 12.7. The van der Waals surface area contributed by atoms with Crippen LogP contribution in [-0.2, 0) is 0 Å². The van der Waals surface area contributed by atoms with E-state index in [2.05, 4.69) is 71.0 Å². The summed E-state index contributed by atoms with van der Waals surface area (Å²) in [5.41, 5.74) is 0. The van der Waals surface area contributed by atoms with E-state index in [1.165, 1.54) is 0 Å². The largest absolute Gasteiger partial charge is 0.0881 e. The molecule has 0 nitrogen and oxygen atoms in total. The van der Waals surface area contributed by atoms with Crippen LogP contribution in [-0.4, -0.2) is 0 Å². The normalized spacial score (nSPS) is 13.3. The number of hydrogen-bond donors (Lipinski definition) is 0. The molecule has 0 unspecified atom stereocenters. The summed E-state index contributed by atoms with van der Waals surface area (Å²) < 4.78 is 0. The van der Waals surface area contributed by atoms with Gasteiger partial charge in [-0.2, -0.15) is 0 Å². The first-order chi connectivity index (χ1) is 9.00. The molecule has 1 rings (SSSR count). The minimum Gasteiger partial charge on any atom is -0.0881 e. The van der Waals surface area contributed by atoms with Crippen LogP contribution in [0.5, 0.6) is 0 Å². The summed E-state index contributed by atoms with van der Waals surface area (Å²) in [5.74, 6) is 34.5. The first-order valence-electron chi connectivity index (χ1n) is 5.87. The lowest BCUT2D eigenvalue weighted by molar-refractivity contribution is 1.12. The van der Waals surface area contributed by atoms with Gasteiger partial charge in [0.15, 0.2) is 0 Å². The van der Waals surface area contributed by atoms with Crippen LogP contribution < -0.4 is 0 Å². The fraction of sp³-hybridized carbons (Fsp3) is 0.333. The van der Waals surface area contributed by atoms with Gasteiger partial charge in [-0.25, -0.2) is 0 Å².